The smallest absolute Gasteiger partial charge is 0.354 e. The maximum atomic E-state index is 12.5. The standard InChI is InChI=1S/C17H22N4O2S/c1-17(2,24-10-11-7-8-11)15(23)19-16-18-14(21(3)20-16)12-5-4-6-13(22)9-12/h4-6,9,11H,7-8,10H2,1-3H3,(H2,19,20,22,23)/p+1. The van der Waals surface area contributed by atoms with Gasteiger partial charge >= 0.3 is 11.8 Å². The Kier molecular flexibility index (Phi) is 4.54. The fraction of sp³-hybridized carbons (Fsp3) is 0.471. The first-order valence-corrected chi connectivity index (χ1v) is 9.04. The number of carbonyl (C=O) groups excluding carboxylic acids is 1. The van der Waals surface area contributed by atoms with Crippen molar-refractivity contribution >= 4 is 23.6 Å². The van der Waals surface area contributed by atoms with E-state index in [1.165, 1.54) is 12.8 Å². The van der Waals surface area contributed by atoms with Gasteiger partial charge < -0.3 is 5.11 Å². The van der Waals surface area contributed by atoms with Crippen LogP contribution in [-0.4, -0.2) is 31.6 Å². The number of H-pyrrole nitrogens is 1. The molecule has 1 amide bonds. The number of aromatic amines is 1. The zero-order chi connectivity index (χ0) is 17.3. The predicted molar refractivity (Wildman–Crippen MR) is 94.8 cm³/mol. The molecule has 3 N–H and O–H groups in total. The molecule has 1 aromatic carbocycles. The number of aromatic hydroxyl groups is 1. The van der Waals surface area contributed by atoms with Crippen molar-refractivity contribution in [3.8, 4) is 17.1 Å². The van der Waals surface area contributed by atoms with E-state index >= 15 is 0 Å². The molecule has 0 aliphatic heterocycles. The van der Waals surface area contributed by atoms with Gasteiger partial charge in [0.25, 0.3) is 0 Å². The molecule has 0 atom stereocenters. The molecular formula is C17H23N4O2S+. The van der Waals surface area contributed by atoms with Gasteiger partial charge in [-0.05, 0) is 56.6 Å². The largest absolute Gasteiger partial charge is 0.508 e. The van der Waals surface area contributed by atoms with Crippen molar-refractivity contribution in [2.75, 3.05) is 11.1 Å². The molecule has 3 rings (SSSR count). The molecule has 1 saturated carbocycles. The number of carbonyl (C=O) groups is 1. The number of nitrogens with one attached hydrogen (secondary N) is 2. The summed E-state index contributed by atoms with van der Waals surface area (Å²) in [6.07, 6.45) is 2.57. The van der Waals surface area contributed by atoms with Crippen molar-refractivity contribution in [3.05, 3.63) is 24.3 Å². The van der Waals surface area contributed by atoms with Crippen molar-refractivity contribution in [1.29, 1.82) is 0 Å². The molecule has 1 aliphatic carbocycles. The van der Waals surface area contributed by atoms with E-state index in [1.54, 1.807) is 34.6 Å². The molecule has 128 valence electrons. The average Bonchev–Trinajstić information content (AvgIpc) is 3.28. The number of nitrogens with zero attached hydrogens (tertiary/aromatic N) is 2. The third kappa shape index (κ3) is 3.90. The zero-order valence-electron chi connectivity index (χ0n) is 14.2. The van der Waals surface area contributed by atoms with Crippen LogP contribution < -0.4 is 10.00 Å². The topological polar surface area (TPSA) is 81.9 Å². The summed E-state index contributed by atoms with van der Waals surface area (Å²) in [7, 11) is 1.81. The number of amides is 1. The Morgan fingerprint density at radius 1 is 1.50 bits per heavy atom. The van der Waals surface area contributed by atoms with E-state index in [2.05, 4.69) is 15.4 Å². The van der Waals surface area contributed by atoms with Gasteiger partial charge in [-0.3, -0.25) is 10.1 Å². The normalized spacial score (nSPS) is 14.6. The number of hydrogen-bond donors (Lipinski definition) is 3. The summed E-state index contributed by atoms with van der Waals surface area (Å²) in [6, 6.07) is 6.86. The van der Waals surface area contributed by atoms with Crippen molar-refractivity contribution in [1.82, 2.24) is 10.1 Å². The fourth-order valence-corrected chi connectivity index (χ4v) is 3.48. The molecule has 1 aliphatic rings. The van der Waals surface area contributed by atoms with Gasteiger partial charge in [0, 0.05) is 4.98 Å². The number of hydrogen-bond acceptors (Lipinski definition) is 4. The highest BCUT2D eigenvalue weighted by atomic mass is 32.2. The van der Waals surface area contributed by atoms with E-state index in [4.69, 9.17) is 0 Å². The van der Waals surface area contributed by atoms with Gasteiger partial charge in [-0.25, -0.2) is 0 Å². The lowest BCUT2D eigenvalue weighted by atomic mass is 10.2. The Bertz CT molecular complexity index is 753. The van der Waals surface area contributed by atoms with Gasteiger partial charge in [0.2, 0.25) is 5.91 Å². The molecule has 0 saturated heterocycles. The summed E-state index contributed by atoms with van der Waals surface area (Å²) in [5.41, 5.74) is 0.775. The monoisotopic (exact) mass is 347 g/mol. The summed E-state index contributed by atoms with van der Waals surface area (Å²) in [5.74, 6) is 2.97. The lowest BCUT2D eigenvalue weighted by Gasteiger charge is -2.21. The highest BCUT2D eigenvalue weighted by molar-refractivity contribution is 8.01. The van der Waals surface area contributed by atoms with Gasteiger partial charge in [-0.15, -0.1) is 11.8 Å². The lowest BCUT2D eigenvalue weighted by molar-refractivity contribution is -0.716. The molecule has 2 aromatic rings. The third-order valence-electron chi connectivity index (χ3n) is 4.07. The van der Waals surface area contributed by atoms with Crippen LogP contribution in [0.15, 0.2) is 24.3 Å². The second kappa shape index (κ2) is 6.47. The predicted octanol–water partition coefficient (Wildman–Crippen LogP) is 2.47. The molecule has 0 spiro atoms. The minimum absolute atomic E-state index is 0.0649. The van der Waals surface area contributed by atoms with E-state index in [0.29, 0.717) is 11.8 Å². The number of benzene rings is 1. The van der Waals surface area contributed by atoms with Crippen LogP contribution in [0, 0.1) is 5.92 Å². The number of aryl methyl sites for hydroxylation is 1. The van der Waals surface area contributed by atoms with Gasteiger partial charge in [-0.2, -0.15) is 9.78 Å². The van der Waals surface area contributed by atoms with Crippen LogP contribution in [-0.2, 0) is 11.8 Å². The molecule has 6 nitrogen and oxygen atoms in total. The van der Waals surface area contributed by atoms with E-state index in [9.17, 15) is 9.90 Å². The third-order valence-corrected chi connectivity index (χ3v) is 5.61. The van der Waals surface area contributed by atoms with Crippen molar-refractivity contribution < 1.29 is 14.6 Å². The Labute approximate surface area is 145 Å². The molecule has 1 aromatic heterocycles. The Hall–Kier alpha value is -2.02. The number of rotatable bonds is 6. The Balaban J connectivity index is 1.71. The first-order chi connectivity index (χ1) is 11.3. The quantitative estimate of drug-likeness (QED) is 0.701. The number of aromatic nitrogens is 3. The second-order valence-corrected chi connectivity index (χ2v) is 8.37. The molecule has 0 unspecified atom stereocenters. The SMILES string of the molecule is C[n+]1[nH]c(NC(=O)C(C)(C)SCC2CC2)nc1-c1cccc(O)c1. The van der Waals surface area contributed by atoms with Crippen molar-refractivity contribution in [2.24, 2.45) is 13.0 Å². The number of phenols is 1. The first-order valence-electron chi connectivity index (χ1n) is 8.06. The highest BCUT2D eigenvalue weighted by Crippen LogP contribution is 2.37. The molecule has 24 heavy (non-hydrogen) atoms. The summed E-state index contributed by atoms with van der Waals surface area (Å²) in [6.45, 7) is 3.88. The Morgan fingerprint density at radius 2 is 2.25 bits per heavy atom. The van der Waals surface area contributed by atoms with Crippen LogP contribution in [0.4, 0.5) is 5.95 Å². The van der Waals surface area contributed by atoms with Gasteiger partial charge in [0.15, 0.2) is 0 Å². The Morgan fingerprint density at radius 3 is 2.92 bits per heavy atom. The summed E-state index contributed by atoms with van der Waals surface area (Å²) in [4.78, 5) is 17.0. The number of thioether (sulfide) groups is 1. The summed E-state index contributed by atoms with van der Waals surface area (Å²) in [5, 5.41) is 15.5. The van der Waals surface area contributed by atoms with Crippen LogP contribution >= 0.6 is 11.8 Å². The first kappa shape index (κ1) is 16.8. The van der Waals surface area contributed by atoms with Crippen LogP contribution in [0.25, 0.3) is 11.4 Å². The molecular weight excluding hydrogens is 324 g/mol. The van der Waals surface area contributed by atoms with Crippen molar-refractivity contribution in [2.45, 2.75) is 31.4 Å². The molecule has 0 radical (unpaired) electrons. The van der Waals surface area contributed by atoms with E-state index in [0.717, 1.165) is 17.2 Å². The zero-order valence-corrected chi connectivity index (χ0v) is 15.0. The van der Waals surface area contributed by atoms with Gasteiger partial charge in [0.05, 0.1) is 10.3 Å². The van der Waals surface area contributed by atoms with E-state index in [-0.39, 0.29) is 11.7 Å². The van der Waals surface area contributed by atoms with Gasteiger partial charge in [0.1, 0.15) is 12.8 Å². The molecule has 0 bridgehead atoms. The van der Waals surface area contributed by atoms with Crippen LogP contribution in [0.1, 0.15) is 26.7 Å². The van der Waals surface area contributed by atoms with Crippen LogP contribution in [0.2, 0.25) is 0 Å². The maximum absolute atomic E-state index is 12.5. The molecule has 1 heterocycles. The van der Waals surface area contributed by atoms with Crippen molar-refractivity contribution in [3.63, 3.8) is 0 Å². The highest BCUT2D eigenvalue weighted by Gasteiger charge is 2.33. The summed E-state index contributed by atoms with van der Waals surface area (Å²) >= 11 is 1.69. The average molecular weight is 347 g/mol. The second-order valence-electron chi connectivity index (χ2n) is 6.72. The fourth-order valence-electron chi connectivity index (χ4n) is 2.31. The maximum Gasteiger partial charge on any atom is 0.354 e. The lowest BCUT2D eigenvalue weighted by Crippen LogP contribution is -2.36. The van der Waals surface area contributed by atoms with Gasteiger partial charge in [-0.1, -0.05) is 6.07 Å². The minimum atomic E-state index is -0.501. The van der Waals surface area contributed by atoms with Crippen LogP contribution in [0.5, 0.6) is 5.75 Å². The van der Waals surface area contributed by atoms with Crippen LogP contribution in [0.3, 0.4) is 0 Å². The molecule has 1 fully saturated rings. The summed E-state index contributed by atoms with van der Waals surface area (Å²) < 4.78 is 1.22. The number of anilines is 1. The molecule has 7 heteroatoms. The van der Waals surface area contributed by atoms with E-state index in [1.807, 2.05) is 27.0 Å². The number of phenolic OH excluding ortho intramolecular Hbond substituents is 1. The van der Waals surface area contributed by atoms with E-state index < -0.39 is 4.75 Å². The minimum Gasteiger partial charge on any atom is -0.508 e.